The Labute approximate surface area is 192 Å². The molecule has 0 aliphatic heterocycles. The van der Waals surface area contributed by atoms with E-state index in [1.165, 1.54) is 16.7 Å². The lowest BCUT2D eigenvalue weighted by molar-refractivity contribution is 0.147. The fourth-order valence-electron chi connectivity index (χ4n) is 4.79. The summed E-state index contributed by atoms with van der Waals surface area (Å²) in [6.45, 7) is 0. The Bertz CT molecular complexity index is 1710. The Morgan fingerprint density at radius 3 is 2.79 bits per heavy atom. The number of rotatable bonds is 2. The Hall–Kier alpha value is -4.36. The zero-order chi connectivity index (χ0) is 23.6. The highest BCUT2D eigenvalue weighted by Gasteiger charge is 2.31. The van der Waals surface area contributed by atoms with Gasteiger partial charge in [-0.15, -0.1) is 0 Å². The monoisotopic (exact) mass is 455 g/mol. The number of aromatic nitrogens is 6. The van der Waals surface area contributed by atoms with Gasteiger partial charge in [0.15, 0.2) is 5.65 Å². The first kappa shape index (κ1) is 20.3. The van der Waals surface area contributed by atoms with E-state index in [4.69, 9.17) is 4.98 Å². The third-order valence-electron chi connectivity index (χ3n) is 6.50. The highest BCUT2D eigenvalue weighted by molar-refractivity contribution is 5.79. The highest BCUT2D eigenvalue weighted by Crippen LogP contribution is 2.39. The molecule has 2 aromatic carbocycles. The highest BCUT2D eigenvalue weighted by atomic mass is 19.1. The fourth-order valence-corrected chi connectivity index (χ4v) is 4.79. The molecular formula is C24H18FN7O2. The van der Waals surface area contributed by atoms with E-state index >= 15 is 0 Å². The number of nitriles is 1. The molecule has 0 fully saturated rings. The van der Waals surface area contributed by atoms with Crippen LogP contribution in [-0.2, 0) is 7.05 Å². The number of hydrogen-bond acceptors (Lipinski definition) is 6. The first-order chi connectivity index (χ1) is 16.5. The molecule has 9 nitrogen and oxygen atoms in total. The van der Waals surface area contributed by atoms with Crippen LogP contribution in [0.4, 0.5) is 4.39 Å². The number of benzene rings is 2. The smallest absolute Gasteiger partial charge is 0.330 e. The van der Waals surface area contributed by atoms with Crippen LogP contribution < -0.4 is 5.69 Å². The first-order valence-electron chi connectivity index (χ1n) is 10.7. The number of aliphatic hydroxyl groups is 1. The van der Waals surface area contributed by atoms with Crippen molar-refractivity contribution < 1.29 is 9.50 Å². The van der Waals surface area contributed by atoms with Crippen LogP contribution in [0, 0.1) is 17.1 Å². The van der Waals surface area contributed by atoms with Gasteiger partial charge < -0.3 is 5.11 Å². The third-order valence-corrected chi connectivity index (χ3v) is 6.50. The zero-order valence-corrected chi connectivity index (χ0v) is 18.1. The molecule has 0 saturated heterocycles. The van der Waals surface area contributed by atoms with Crippen molar-refractivity contribution in [3.05, 3.63) is 81.9 Å². The third kappa shape index (κ3) is 2.87. The first-order valence-corrected chi connectivity index (χ1v) is 10.7. The minimum atomic E-state index is -0.714. The molecule has 10 heteroatoms. The average Bonchev–Trinajstić information content (AvgIpc) is 3.37. The van der Waals surface area contributed by atoms with Crippen LogP contribution >= 0.6 is 0 Å². The van der Waals surface area contributed by atoms with E-state index in [0.717, 1.165) is 0 Å². The van der Waals surface area contributed by atoms with Gasteiger partial charge in [-0.25, -0.2) is 19.2 Å². The van der Waals surface area contributed by atoms with Crippen LogP contribution in [0.3, 0.4) is 0 Å². The van der Waals surface area contributed by atoms with Gasteiger partial charge in [0.2, 0.25) is 5.95 Å². The van der Waals surface area contributed by atoms with Crippen molar-refractivity contribution in [3.8, 4) is 12.0 Å². The maximum Gasteiger partial charge on any atom is 0.330 e. The predicted octanol–water partition coefficient (Wildman–Crippen LogP) is 2.90. The van der Waals surface area contributed by atoms with Gasteiger partial charge in [0.1, 0.15) is 17.7 Å². The Morgan fingerprint density at radius 2 is 1.97 bits per heavy atom. The van der Waals surface area contributed by atoms with Crippen LogP contribution in [0.15, 0.2) is 53.7 Å². The molecule has 1 N–H and O–H groups in total. The van der Waals surface area contributed by atoms with E-state index in [9.17, 15) is 19.6 Å². The minimum Gasteiger partial charge on any atom is -0.388 e. The summed E-state index contributed by atoms with van der Waals surface area (Å²) in [6.07, 6.45) is 3.32. The minimum absolute atomic E-state index is 0.291. The number of fused-ring (bicyclic) bond motifs is 3. The topological polar surface area (TPSA) is 115 Å². The second kappa shape index (κ2) is 7.33. The normalized spacial score (nSPS) is 17.7. The number of halogens is 1. The molecule has 1 unspecified atom stereocenters. The summed E-state index contributed by atoms with van der Waals surface area (Å²) in [7, 11) is 1.64. The maximum absolute atomic E-state index is 14.2. The standard InChI is InChI=1S/C24H18FN7O2/c1-30-20-11-27-23(31-12-28-17-5-2-13(10-26)8-19(17)31)29-22(20)32(24(30)34)18-6-7-21(33)15-4-3-14(25)9-16(15)18/h2-5,8-9,11-12,18,21,33H,6-7H2,1H3/t18?,21-/m1/s1. The van der Waals surface area contributed by atoms with Crippen LogP contribution in [-0.4, -0.2) is 33.8 Å². The van der Waals surface area contributed by atoms with Crippen molar-refractivity contribution in [1.29, 1.82) is 5.26 Å². The molecule has 0 saturated carbocycles. The van der Waals surface area contributed by atoms with Crippen molar-refractivity contribution in [2.24, 2.45) is 7.05 Å². The summed E-state index contributed by atoms with van der Waals surface area (Å²) >= 11 is 0. The summed E-state index contributed by atoms with van der Waals surface area (Å²) in [5, 5.41) is 19.7. The molecule has 3 heterocycles. The van der Waals surface area contributed by atoms with Crippen molar-refractivity contribution in [2.75, 3.05) is 0 Å². The Morgan fingerprint density at radius 1 is 1.12 bits per heavy atom. The number of aliphatic hydroxyl groups excluding tert-OH is 1. The molecule has 3 aromatic heterocycles. The summed E-state index contributed by atoms with van der Waals surface area (Å²) in [5.74, 6) is -0.139. The van der Waals surface area contributed by atoms with Crippen molar-refractivity contribution in [1.82, 2.24) is 28.7 Å². The molecule has 0 amide bonds. The second-order valence-corrected chi connectivity index (χ2v) is 8.40. The summed E-state index contributed by atoms with van der Waals surface area (Å²) < 4.78 is 18.8. The molecule has 0 radical (unpaired) electrons. The summed E-state index contributed by atoms with van der Waals surface area (Å²) in [4.78, 5) is 26.8. The molecule has 1 aliphatic carbocycles. The van der Waals surface area contributed by atoms with Crippen molar-refractivity contribution in [3.63, 3.8) is 0 Å². The number of nitrogens with zero attached hydrogens (tertiary/aromatic N) is 7. The van der Waals surface area contributed by atoms with Gasteiger partial charge >= 0.3 is 5.69 Å². The molecular weight excluding hydrogens is 437 g/mol. The molecule has 168 valence electrons. The van der Waals surface area contributed by atoms with Gasteiger partial charge in [0.05, 0.1) is 41.0 Å². The molecule has 34 heavy (non-hydrogen) atoms. The van der Waals surface area contributed by atoms with Crippen LogP contribution in [0.25, 0.3) is 28.1 Å². The van der Waals surface area contributed by atoms with Crippen molar-refractivity contribution >= 4 is 22.2 Å². The van der Waals surface area contributed by atoms with Gasteiger partial charge in [-0.2, -0.15) is 10.2 Å². The van der Waals surface area contributed by atoms with Crippen LogP contribution in [0.2, 0.25) is 0 Å². The molecule has 5 aromatic rings. The lowest BCUT2D eigenvalue weighted by atomic mass is 9.85. The second-order valence-electron chi connectivity index (χ2n) is 8.40. The lowest BCUT2D eigenvalue weighted by Gasteiger charge is -2.29. The number of aryl methyl sites for hydroxylation is 1. The van der Waals surface area contributed by atoms with Gasteiger partial charge in [-0.05, 0) is 54.3 Å². The van der Waals surface area contributed by atoms with Gasteiger partial charge in [-0.1, -0.05) is 6.07 Å². The average molecular weight is 455 g/mol. The van der Waals surface area contributed by atoms with Gasteiger partial charge in [-0.3, -0.25) is 13.7 Å². The van der Waals surface area contributed by atoms with Gasteiger partial charge in [0.25, 0.3) is 0 Å². The molecule has 2 atom stereocenters. The van der Waals surface area contributed by atoms with Crippen LogP contribution in [0.5, 0.6) is 0 Å². The van der Waals surface area contributed by atoms with Crippen molar-refractivity contribution in [2.45, 2.75) is 25.0 Å². The van der Waals surface area contributed by atoms with E-state index in [2.05, 4.69) is 16.0 Å². The van der Waals surface area contributed by atoms with E-state index in [0.29, 0.717) is 57.7 Å². The number of hydrogen-bond donors (Lipinski definition) is 1. The van der Waals surface area contributed by atoms with Crippen LogP contribution in [0.1, 0.15) is 41.7 Å². The fraction of sp³-hybridized carbons (Fsp3) is 0.208. The number of imidazole rings is 2. The SMILES string of the molecule is Cn1c(=O)n(C2CC[C@@H](O)c3ccc(F)cc32)c2nc(-n3cnc4ccc(C#N)cc43)ncc21. The quantitative estimate of drug-likeness (QED) is 0.438. The lowest BCUT2D eigenvalue weighted by Crippen LogP contribution is -2.30. The largest absolute Gasteiger partial charge is 0.388 e. The van der Waals surface area contributed by atoms with Gasteiger partial charge in [0, 0.05) is 7.05 Å². The molecule has 1 aliphatic rings. The van der Waals surface area contributed by atoms with E-state index < -0.39 is 18.0 Å². The zero-order valence-electron chi connectivity index (χ0n) is 18.1. The van der Waals surface area contributed by atoms with E-state index in [1.807, 2.05) is 0 Å². The summed E-state index contributed by atoms with van der Waals surface area (Å²) in [5.41, 5.74) is 3.62. The Balaban J connectivity index is 1.58. The Kier molecular flexibility index (Phi) is 4.37. The molecule has 6 rings (SSSR count). The van der Waals surface area contributed by atoms with E-state index in [1.54, 1.807) is 53.0 Å². The van der Waals surface area contributed by atoms with E-state index in [-0.39, 0.29) is 5.69 Å². The predicted molar refractivity (Wildman–Crippen MR) is 121 cm³/mol. The molecule has 0 spiro atoms. The maximum atomic E-state index is 14.2. The summed E-state index contributed by atoms with van der Waals surface area (Å²) in [6, 6.07) is 11.0. The molecule has 0 bridgehead atoms.